The summed E-state index contributed by atoms with van der Waals surface area (Å²) in [5.74, 6) is 0.274. The van der Waals surface area contributed by atoms with Crippen LogP contribution in [0.1, 0.15) is 19.4 Å². The van der Waals surface area contributed by atoms with Crippen molar-refractivity contribution in [1.29, 1.82) is 0 Å². The molecule has 0 aliphatic heterocycles. The molecule has 0 fully saturated rings. The van der Waals surface area contributed by atoms with Crippen molar-refractivity contribution in [2.45, 2.75) is 20.3 Å². The Morgan fingerprint density at radius 3 is 2.29 bits per heavy atom. The monoisotopic (exact) mass is 319 g/mol. The molecular formula is C12H18BrNO2S. The second kappa shape index (κ2) is 6.40. The van der Waals surface area contributed by atoms with Gasteiger partial charge in [-0.3, -0.25) is 4.72 Å². The third-order valence-electron chi connectivity index (χ3n) is 2.16. The third kappa shape index (κ3) is 5.55. The Hall–Kier alpha value is -0.550. The van der Waals surface area contributed by atoms with Crippen molar-refractivity contribution in [3.63, 3.8) is 0 Å². The van der Waals surface area contributed by atoms with Crippen molar-refractivity contribution in [3.05, 3.63) is 29.8 Å². The van der Waals surface area contributed by atoms with E-state index in [0.29, 0.717) is 5.69 Å². The average molecular weight is 320 g/mol. The minimum absolute atomic E-state index is 0.125. The standard InChI is InChI=1S/C12H18BrNO2S/c1-10(2)9-17(15,16)14-12-5-3-11(4-6-12)7-8-13/h3-6,10,14H,7-9H2,1-2H3. The molecule has 5 heteroatoms. The van der Waals surface area contributed by atoms with Gasteiger partial charge in [-0.05, 0) is 30.0 Å². The van der Waals surface area contributed by atoms with E-state index in [9.17, 15) is 8.42 Å². The molecule has 0 amide bonds. The number of halogens is 1. The number of rotatable bonds is 6. The van der Waals surface area contributed by atoms with Crippen LogP contribution in [-0.4, -0.2) is 19.5 Å². The van der Waals surface area contributed by atoms with Gasteiger partial charge in [0.25, 0.3) is 0 Å². The number of hydrogen-bond acceptors (Lipinski definition) is 2. The van der Waals surface area contributed by atoms with Gasteiger partial charge in [-0.15, -0.1) is 0 Å². The van der Waals surface area contributed by atoms with Crippen LogP contribution in [0.25, 0.3) is 0 Å². The summed E-state index contributed by atoms with van der Waals surface area (Å²) < 4.78 is 26.0. The van der Waals surface area contributed by atoms with E-state index in [1.54, 1.807) is 12.1 Å². The van der Waals surface area contributed by atoms with Crippen LogP contribution >= 0.6 is 15.9 Å². The molecule has 17 heavy (non-hydrogen) atoms. The fraction of sp³-hybridized carbons (Fsp3) is 0.500. The number of anilines is 1. The Bertz CT molecular complexity index is 440. The van der Waals surface area contributed by atoms with Crippen LogP contribution in [-0.2, 0) is 16.4 Å². The molecule has 0 radical (unpaired) electrons. The first kappa shape index (κ1) is 14.5. The van der Waals surface area contributed by atoms with Crippen molar-refractivity contribution < 1.29 is 8.42 Å². The molecule has 0 heterocycles. The second-order valence-corrected chi connectivity index (χ2v) is 6.97. The maximum absolute atomic E-state index is 11.7. The SMILES string of the molecule is CC(C)CS(=O)(=O)Nc1ccc(CCBr)cc1. The summed E-state index contributed by atoms with van der Waals surface area (Å²) >= 11 is 3.37. The topological polar surface area (TPSA) is 46.2 Å². The van der Waals surface area contributed by atoms with E-state index in [2.05, 4.69) is 20.7 Å². The van der Waals surface area contributed by atoms with Crippen molar-refractivity contribution in [2.75, 3.05) is 15.8 Å². The van der Waals surface area contributed by atoms with Gasteiger partial charge in [-0.25, -0.2) is 8.42 Å². The van der Waals surface area contributed by atoms with E-state index >= 15 is 0 Å². The van der Waals surface area contributed by atoms with Gasteiger partial charge in [0.1, 0.15) is 0 Å². The molecule has 0 spiro atoms. The summed E-state index contributed by atoms with van der Waals surface area (Å²) in [6.45, 7) is 3.77. The van der Waals surface area contributed by atoms with Crippen LogP contribution in [0.3, 0.4) is 0 Å². The summed E-state index contributed by atoms with van der Waals surface area (Å²) in [4.78, 5) is 0. The lowest BCUT2D eigenvalue weighted by Gasteiger charge is -2.10. The molecule has 0 bridgehead atoms. The smallest absolute Gasteiger partial charge is 0.232 e. The molecule has 96 valence electrons. The molecule has 0 saturated heterocycles. The van der Waals surface area contributed by atoms with Crippen LogP contribution in [0.5, 0.6) is 0 Å². The summed E-state index contributed by atoms with van der Waals surface area (Å²) in [5, 5.41) is 0.908. The lowest BCUT2D eigenvalue weighted by Crippen LogP contribution is -2.19. The van der Waals surface area contributed by atoms with Crippen LogP contribution in [0.15, 0.2) is 24.3 Å². The van der Waals surface area contributed by atoms with Crippen LogP contribution < -0.4 is 4.72 Å². The number of alkyl halides is 1. The van der Waals surface area contributed by atoms with Gasteiger partial charge in [-0.2, -0.15) is 0 Å². The maximum atomic E-state index is 11.7. The van der Waals surface area contributed by atoms with Crippen molar-refractivity contribution >= 4 is 31.6 Å². The highest BCUT2D eigenvalue weighted by atomic mass is 79.9. The van der Waals surface area contributed by atoms with Crippen LogP contribution in [0.4, 0.5) is 5.69 Å². The Morgan fingerprint density at radius 1 is 1.24 bits per heavy atom. The van der Waals surface area contributed by atoms with Crippen LogP contribution in [0, 0.1) is 5.92 Å². The fourth-order valence-corrected chi connectivity index (χ4v) is 3.42. The minimum Gasteiger partial charge on any atom is -0.284 e. The third-order valence-corrected chi connectivity index (χ3v) is 4.21. The zero-order valence-electron chi connectivity index (χ0n) is 10.1. The molecular weight excluding hydrogens is 302 g/mol. The molecule has 1 rings (SSSR count). The normalized spacial score (nSPS) is 11.8. The predicted molar refractivity (Wildman–Crippen MR) is 76.2 cm³/mol. The van der Waals surface area contributed by atoms with Gasteiger partial charge < -0.3 is 0 Å². The zero-order chi connectivity index (χ0) is 12.9. The molecule has 1 N–H and O–H groups in total. The Labute approximate surface area is 112 Å². The molecule has 0 aliphatic rings. The highest BCUT2D eigenvalue weighted by Crippen LogP contribution is 2.13. The molecule has 1 aromatic rings. The largest absolute Gasteiger partial charge is 0.284 e. The maximum Gasteiger partial charge on any atom is 0.232 e. The number of benzene rings is 1. The first-order valence-electron chi connectivity index (χ1n) is 5.58. The summed E-state index contributed by atoms with van der Waals surface area (Å²) in [6, 6.07) is 7.48. The van der Waals surface area contributed by atoms with Gasteiger partial charge in [0.2, 0.25) is 10.0 Å². The number of nitrogens with one attached hydrogen (secondary N) is 1. The van der Waals surface area contributed by atoms with E-state index in [4.69, 9.17) is 0 Å². The highest BCUT2D eigenvalue weighted by Gasteiger charge is 2.12. The van der Waals surface area contributed by atoms with Crippen LogP contribution in [0.2, 0.25) is 0 Å². The number of hydrogen-bond donors (Lipinski definition) is 1. The predicted octanol–water partition coefficient (Wildman–Crippen LogP) is 3.02. The van der Waals surface area contributed by atoms with E-state index in [-0.39, 0.29) is 11.7 Å². The summed E-state index contributed by atoms with van der Waals surface area (Å²) in [5.41, 5.74) is 1.82. The summed E-state index contributed by atoms with van der Waals surface area (Å²) in [6.07, 6.45) is 0.943. The number of sulfonamides is 1. The van der Waals surface area contributed by atoms with E-state index in [0.717, 1.165) is 11.8 Å². The van der Waals surface area contributed by atoms with E-state index in [1.165, 1.54) is 5.56 Å². The highest BCUT2D eigenvalue weighted by molar-refractivity contribution is 9.09. The summed E-state index contributed by atoms with van der Waals surface area (Å²) in [7, 11) is -3.22. The first-order chi connectivity index (χ1) is 7.93. The Kier molecular flexibility index (Phi) is 5.46. The van der Waals surface area contributed by atoms with Crippen molar-refractivity contribution in [3.8, 4) is 0 Å². The lowest BCUT2D eigenvalue weighted by atomic mass is 10.2. The van der Waals surface area contributed by atoms with E-state index < -0.39 is 10.0 Å². The number of aryl methyl sites for hydroxylation is 1. The van der Waals surface area contributed by atoms with Gasteiger partial charge in [-0.1, -0.05) is 41.9 Å². The van der Waals surface area contributed by atoms with Gasteiger partial charge in [0.15, 0.2) is 0 Å². The Balaban J connectivity index is 2.69. The molecule has 0 aromatic heterocycles. The quantitative estimate of drug-likeness (QED) is 0.819. The zero-order valence-corrected chi connectivity index (χ0v) is 12.5. The second-order valence-electron chi connectivity index (χ2n) is 4.41. The fourth-order valence-electron chi connectivity index (χ4n) is 1.51. The minimum atomic E-state index is -3.22. The first-order valence-corrected chi connectivity index (χ1v) is 8.35. The molecule has 0 saturated carbocycles. The molecule has 0 atom stereocenters. The van der Waals surface area contributed by atoms with Gasteiger partial charge >= 0.3 is 0 Å². The van der Waals surface area contributed by atoms with Gasteiger partial charge in [0.05, 0.1) is 5.75 Å². The van der Waals surface area contributed by atoms with Gasteiger partial charge in [0, 0.05) is 11.0 Å². The average Bonchev–Trinajstić information content (AvgIpc) is 2.18. The van der Waals surface area contributed by atoms with E-state index in [1.807, 2.05) is 26.0 Å². The van der Waals surface area contributed by atoms with Crippen molar-refractivity contribution in [1.82, 2.24) is 0 Å². The molecule has 0 unspecified atom stereocenters. The van der Waals surface area contributed by atoms with Crippen molar-refractivity contribution in [2.24, 2.45) is 5.92 Å². The molecule has 0 aliphatic carbocycles. The lowest BCUT2D eigenvalue weighted by molar-refractivity contribution is 0.587. The molecule has 3 nitrogen and oxygen atoms in total. The molecule has 1 aromatic carbocycles. The Morgan fingerprint density at radius 2 is 1.82 bits per heavy atom.